The van der Waals surface area contributed by atoms with E-state index in [0.29, 0.717) is 0 Å². The molecule has 2 aliphatic rings. The topological polar surface area (TPSA) is 6.48 Å². The first-order valence-corrected chi connectivity index (χ1v) is 8.76. The highest BCUT2D eigenvalue weighted by Crippen LogP contribution is 2.31. The van der Waals surface area contributed by atoms with Crippen LogP contribution in [0.15, 0.2) is 30.3 Å². The van der Waals surface area contributed by atoms with Crippen molar-refractivity contribution in [3.8, 4) is 0 Å². The molecule has 1 saturated heterocycles. The predicted molar refractivity (Wildman–Crippen MR) is 89.3 cm³/mol. The lowest BCUT2D eigenvalue weighted by Crippen LogP contribution is -2.55. The maximum atomic E-state index is 2.73. The molecule has 0 aromatic heterocycles. The lowest BCUT2D eigenvalue weighted by atomic mass is 9.94. The van der Waals surface area contributed by atoms with E-state index in [1.807, 2.05) is 0 Å². The van der Waals surface area contributed by atoms with Gasteiger partial charge in [-0.05, 0) is 30.2 Å². The molecular weight excluding hydrogens is 256 g/mol. The van der Waals surface area contributed by atoms with E-state index in [-0.39, 0.29) is 0 Å². The highest BCUT2D eigenvalue weighted by Gasteiger charge is 2.33. The minimum absolute atomic E-state index is 0.725. The first kappa shape index (κ1) is 15.1. The molecule has 0 bridgehead atoms. The summed E-state index contributed by atoms with van der Waals surface area (Å²) in [5.74, 6) is 1.80. The molecule has 21 heavy (non-hydrogen) atoms. The Kier molecular flexibility index (Phi) is 4.97. The number of hydrogen-bond donors (Lipinski definition) is 0. The summed E-state index contributed by atoms with van der Waals surface area (Å²) in [4.78, 5) is 5.46. The molecule has 3 rings (SSSR count). The number of rotatable bonds is 6. The summed E-state index contributed by atoms with van der Waals surface area (Å²) in [6.45, 7) is 11.0. The zero-order valence-corrected chi connectivity index (χ0v) is 13.7. The zero-order chi connectivity index (χ0) is 14.7. The Bertz CT molecular complexity index is 426. The third-order valence-corrected chi connectivity index (χ3v) is 5.36. The smallest absolute Gasteiger partial charge is 0.0252 e. The van der Waals surface area contributed by atoms with E-state index in [4.69, 9.17) is 0 Å². The number of benzene rings is 1. The molecule has 1 aliphatic carbocycles. The average Bonchev–Trinajstić information content (AvgIpc) is 3.33. The molecule has 0 N–H and O–H groups in total. The third-order valence-electron chi connectivity index (χ3n) is 5.36. The second-order valence-electron chi connectivity index (χ2n) is 7.11. The van der Waals surface area contributed by atoms with Gasteiger partial charge in [-0.3, -0.25) is 4.90 Å². The molecule has 1 aromatic carbocycles. The van der Waals surface area contributed by atoms with Gasteiger partial charge in [-0.1, -0.05) is 50.6 Å². The van der Waals surface area contributed by atoms with Crippen molar-refractivity contribution in [2.45, 2.75) is 45.7 Å². The molecular formula is C19H30N2. The minimum Gasteiger partial charge on any atom is -0.300 e. The maximum absolute atomic E-state index is 2.73. The van der Waals surface area contributed by atoms with Crippen LogP contribution in [0.25, 0.3) is 0 Å². The van der Waals surface area contributed by atoms with E-state index >= 15 is 0 Å². The van der Waals surface area contributed by atoms with E-state index < -0.39 is 0 Å². The molecule has 0 spiro atoms. The van der Waals surface area contributed by atoms with E-state index in [1.165, 1.54) is 51.0 Å². The summed E-state index contributed by atoms with van der Waals surface area (Å²) in [5.41, 5.74) is 1.46. The van der Waals surface area contributed by atoms with E-state index in [0.717, 1.165) is 24.4 Å². The zero-order valence-electron chi connectivity index (χ0n) is 13.7. The largest absolute Gasteiger partial charge is 0.300 e. The molecule has 2 heteroatoms. The molecule has 0 amide bonds. The summed E-state index contributed by atoms with van der Waals surface area (Å²) in [6, 6.07) is 11.7. The first-order valence-electron chi connectivity index (χ1n) is 8.76. The van der Waals surface area contributed by atoms with Crippen molar-refractivity contribution in [1.29, 1.82) is 0 Å². The van der Waals surface area contributed by atoms with Gasteiger partial charge in [0.05, 0.1) is 0 Å². The van der Waals surface area contributed by atoms with Gasteiger partial charge in [0.1, 0.15) is 0 Å². The SMILES string of the molecule is CCC(C)C1CN(CC2CC2)CCN1Cc1ccccc1. The van der Waals surface area contributed by atoms with Gasteiger partial charge in [-0.15, -0.1) is 0 Å². The molecule has 2 unspecified atom stereocenters. The third kappa shape index (κ3) is 4.08. The number of piperazine rings is 1. The average molecular weight is 286 g/mol. The molecule has 2 fully saturated rings. The Morgan fingerprint density at radius 1 is 1.14 bits per heavy atom. The lowest BCUT2D eigenvalue weighted by Gasteiger charge is -2.44. The van der Waals surface area contributed by atoms with Gasteiger partial charge in [0.15, 0.2) is 0 Å². The second-order valence-corrected chi connectivity index (χ2v) is 7.11. The van der Waals surface area contributed by atoms with Crippen molar-refractivity contribution >= 4 is 0 Å². The molecule has 0 radical (unpaired) electrons. The summed E-state index contributed by atoms with van der Waals surface area (Å²) < 4.78 is 0. The Balaban J connectivity index is 1.63. The van der Waals surface area contributed by atoms with E-state index in [2.05, 4.69) is 54.0 Å². The fourth-order valence-electron chi connectivity index (χ4n) is 3.56. The van der Waals surface area contributed by atoms with Crippen LogP contribution in [0.3, 0.4) is 0 Å². The molecule has 1 heterocycles. The lowest BCUT2D eigenvalue weighted by molar-refractivity contribution is 0.0370. The van der Waals surface area contributed by atoms with Crippen molar-refractivity contribution in [3.63, 3.8) is 0 Å². The van der Waals surface area contributed by atoms with Gasteiger partial charge >= 0.3 is 0 Å². The van der Waals surface area contributed by atoms with Gasteiger partial charge in [-0.25, -0.2) is 0 Å². The van der Waals surface area contributed by atoms with Crippen molar-refractivity contribution in [2.24, 2.45) is 11.8 Å². The number of hydrogen-bond acceptors (Lipinski definition) is 2. The second kappa shape index (κ2) is 6.93. The van der Waals surface area contributed by atoms with Crippen LogP contribution >= 0.6 is 0 Å². The monoisotopic (exact) mass is 286 g/mol. The highest BCUT2D eigenvalue weighted by molar-refractivity contribution is 5.14. The van der Waals surface area contributed by atoms with Crippen LogP contribution in [0.2, 0.25) is 0 Å². The van der Waals surface area contributed by atoms with Crippen LogP contribution in [0.1, 0.15) is 38.7 Å². The Morgan fingerprint density at radius 3 is 2.57 bits per heavy atom. The van der Waals surface area contributed by atoms with E-state index in [1.54, 1.807) is 0 Å². The molecule has 1 saturated carbocycles. The maximum Gasteiger partial charge on any atom is 0.0252 e. The van der Waals surface area contributed by atoms with Crippen LogP contribution in [0.4, 0.5) is 0 Å². The first-order chi connectivity index (χ1) is 10.3. The molecule has 2 atom stereocenters. The molecule has 116 valence electrons. The number of nitrogens with zero attached hydrogens (tertiary/aromatic N) is 2. The molecule has 1 aliphatic heterocycles. The molecule has 2 nitrogen and oxygen atoms in total. The predicted octanol–water partition coefficient (Wildman–Crippen LogP) is 3.63. The summed E-state index contributed by atoms with van der Waals surface area (Å²) >= 11 is 0. The van der Waals surface area contributed by atoms with Crippen LogP contribution in [0, 0.1) is 11.8 Å². The van der Waals surface area contributed by atoms with E-state index in [9.17, 15) is 0 Å². The molecule has 1 aromatic rings. The highest BCUT2D eigenvalue weighted by atomic mass is 15.3. The van der Waals surface area contributed by atoms with Gasteiger partial charge in [0, 0.05) is 38.8 Å². The fraction of sp³-hybridized carbons (Fsp3) is 0.684. The van der Waals surface area contributed by atoms with Crippen LogP contribution in [0.5, 0.6) is 0 Å². The normalized spacial score (nSPS) is 25.9. The Morgan fingerprint density at radius 2 is 1.90 bits per heavy atom. The summed E-state index contributed by atoms with van der Waals surface area (Å²) in [6.07, 6.45) is 4.23. The van der Waals surface area contributed by atoms with Crippen molar-refractivity contribution < 1.29 is 0 Å². The Labute approximate surface area is 130 Å². The van der Waals surface area contributed by atoms with Crippen LogP contribution < -0.4 is 0 Å². The van der Waals surface area contributed by atoms with Crippen molar-refractivity contribution in [1.82, 2.24) is 9.80 Å². The standard InChI is InChI=1S/C19H30N2/c1-3-16(2)19-15-20(13-18-9-10-18)11-12-21(19)14-17-7-5-4-6-8-17/h4-8,16,18-19H,3,9-15H2,1-2H3. The minimum atomic E-state index is 0.725. The van der Waals surface area contributed by atoms with Crippen LogP contribution in [-0.2, 0) is 6.54 Å². The van der Waals surface area contributed by atoms with Crippen molar-refractivity contribution in [2.75, 3.05) is 26.2 Å². The van der Waals surface area contributed by atoms with Gasteiger partial charge in [0.2, 0.25) is 0 Å². The van der Waals surface area contributed by atoms with Gasteiger partial charge in [-0.2, -0.15) is 0 Å². The summed E-state index contributed by atoms with van der Waals surface area (Å²) in [7, 11) is 0. The quantitative estimate of drug-likeness (QED) is 0.788. The summed E-state index contributed by atoms with van der Waals surface area (Å²) in [5, 5.41) is 0. The van der Waals surface area contributed by atoms with Crippen molar-refractivity contribution in [3.05, 3.63) is 35.9 Å². The Hall–Kier alpha value is -0.860. The van der Waals surface area contributed by atoms with Gasteiger partial charge in [0.25, 0.3) is 0 Å². The van der Waals surface area contributed by atoms with Crippen LogP contribution in [-0.4, -0.2) is 42.0 Å². The fourth-order valence-corrected chi connectivity index (χ4v) is 3.56. The van der Waals surface area contributed by atoms with Gasteiger partial charge < -0.3 is 4.90 Å².